The molecule has 9 heteroatoms. The number of aromatic nitrogens is 2. The van der Waals surface area contributed by atoms with Gasteiger partial charge in [-0.25, -0.2) is 4.98 Å². The van der Waals surface area contributed by atoms with Gasteiger partial charge >= 0.3 is 5.51 Å². The number of carbonyl (C=O) groups excluding carboxylic acids is 1. The number of carbonyl (C=O) groups is 1. The number of alkyl halides is 3. The molecule has 0 aliphatic carbocycles. The highest BCUT2D eigenvalue weighted by molar-refractivity contribution is 8.00. The number of fused-ring (bicyclic) bond motifs is 1. The number of para-hydroxylation sites is 1. The molecule has 0 aliphatic rings. The summed E-state index contributed by atoms with van der Waals surface area (Å²) in [7, 11) is 0. The highest BCUT2D eigenvalue weighted by Crippen LogP contribution is 2.29. The summed E-state index contributed by atoms with van der Waals surface area (Å²) in [5.74, 6) is -0.652. The minimum Gasteiger partial charge on any atom is -0.355 e. The van der Waals surface area contributed by atoms with Crippen LogP contribution in [0.5, 0.6) is 0 Å². The fourth-order valence-electron chi connectivity index (χ4n) is 2.16. The zero-order valence-electron chi connectivity index (χ0n) is 12.9. The summed E-state index contributed by atoms with van der Waals surface area (Å²) in [4.78, 5) is 28.2. The zero-order chi connectivity index (χ0) is 17.7. The van der Waals surface area contributed by atoms with E-state index in [0.29, 0.717) is 10.9 Å². The quantitative estimate of drug-likeness (QED) is 0.805. The molecule has 0 saturated carbocycles. The third-order valence-electron chi connectivity index (χ3n) is 3.32. The number of hydrogen-bond acceptors (Lipinski definition) is 4. The number of amides is 1. The number of benzene rings is 1. The van der Waals surface area contributed by atoms with Gasteiger partial charge in [0.1, 0.15) is 0 Å². The van der Waals surface area contributed by atoms with E-state index in [1.807, 2.05) is 13.0 Å². The summed E-state index contributed by atoms with van der Waals surface area (Å²) < 4.78 is 37.2. The molecule has 1 amide bonds. The molecule has 0 bridgehead atoms. The highest BCUT2D eigenvalue weighted by Gasteiger charge is 2.27. The van der Waals surface area contributed by atoms with Crippen LogP contribution in [-0.2, 0) is 11.3 Å². The summed E-state index contributed by atoms with van der Waals surface area (Å²) in [6, 6.07) is 5.28. The van der Waals surface area contributed by atoms with Crippen molar-refractivity contribution in [3.05, 3.63) is 40.4 Å². The molecule has 1 aromatic carbocycles. The van der Waals surface area contributed by atoms with E-state index in [1.54, 1.807) is 12.1 Å². The zero-order valence-corrected chi connectivity index (χ0v) is 13.7. The van der Waals surface area contributed by atoms with Crippen LogP contribution >= 0.6 is 11.8 Å². The number of nitrogens with zero attached hydrogens (tertiary/aromatic N) is 2. The van der Waals surface area contributed by atoms with Crippen LogP contribution in [0, 0.1) is 6.92 Å². The van der Waals surface area contributed by atoms with Crippen molar-refractivity contribution < 1.29 is 18.0 Å². The Kier molecular flexibility index (Phi) is 5.87. The van der Waals surface area contributed by atoms with Crippen LogP contribution < -0.4 is 10.9 Å². The Labute approximate surface area is 140 Å². The first kappa shape index (κ1) is 18.3. The van der Waals surface area contributed by atoms with Crippen molar-refractivity contribution in [1.29, 1.82) is 0 Å². The molecule has 130 valence electrons. The number of hydrogen-bond donors (Lipinski definition) is 1. The topological polar surface area (TPSA) is 64.0 Å². The summed E-state index contributed by atoms with van der Waals surface area (Å²) in [6.07, 6.45) is 1.38. The number of halogens is 3. The average molecular weight is 359 g/mol. The molecule has 0 radical (unpaired) electrons. The maximum atomic E-state index is 12.3. The van der Waals surface area contributed by atoms with Gasteiger partial charge in [-0.05, 0) is 30.3 Å². The molecule has 0 saturated heterocycles. The third-order valence-corrected chi connectivity index (χ3v) is 4.06. The van der Waals surface area contributed by atoms with Gasteiger partial charge in [-0.3, -0.25) is 14.2 Å². The summed E-state index contributed by atoms with van der Waals surface area (Å²) in [5, 5.41) is 2.87. The van der Waals surface area contributed by atoms with Gasteiger partial charge < -0.3 is 5.32 Å². The van der Waals surface area contributed by atoms with Crippen LogP contribution in [0.1, 0.15) is 12.0 Å². The van der Waals surface area contributed by atoms with E-state index in [-0.39, 0.29) is 42.6 Å². The first-order chi connectivity index (χ1) is 11.3. The molecule has 0 fully saturated rings. The third kappa shape index (κ3) is 4.98. The maximum Gasteiger partial charge on any atom is 0.441 e. The fraction of sp³-hybridized carbons (Fsp3) is 0.400. The van der Waals surface area contributed by atoms with Crippen molar-refractivity contribution in [2.24, 2.45) is 0 Å². The minimum absolute atomic E-state index is 0.00437. The van der Waals surface area contributed by atoms with Crippen molar-refractivity contribution in [3.8, 4) is 0 Å². The molecule has 5 nitrogen and oxygen atoms in total. The van der Waals surface area contributed by atoms with E-state index >= 15 is 0 Å². The molecular formula is C15H16F3N3O2S. The molecule has 1 N–H and O–H groups in total. The van der Waals surface area contributed by atoms with E-state index in [1.165, 1.54) is 10.9 Å². The number of rotatable bonds is 6. The van der Waals surface area contributed by atoms with Gasteiger partial charge in [0.25, 0.3) is 5.56 Å². The molecule has 2 aromatic rings. The van der Waals surface area contributed by atoms with Crippen LogP contribution in [0.3, 0.4) is 0 Å². The average Bonchev–Trinajstić information content (AvgIpc) is 2.51. The van der Waals surface area contributed by atoms with Gasteiger partial charge in [0, 0.05) is 25.3 Å². The smallest absolute Gasteiger partial charge is 0.355 e. The maximum absolute atomic E-state index is 12.3. The Hall–Kier alpha value is -2.03. The van der Waals surface area contributed by atoms with Gasteiger partial charge in [0.2, 0.25) is 5.91 Å². The molecule has 2 rings (SSSR count). The van der Waals surface area contributed by atoms with Gasteiger partial charge in [-0.1, -0.05) is 12.1 Å². The predicted octanol–water partition coefficient (Wildman–Crippen LogP) is 2.46. The van der Waals surface area contributed by atoms with Crippen LogP contribution in [-0.4, -0.2) is 33.3 Å². The van der Waals surface area contributed by atoms with E-state index in [2.05, 4.69) is 10.3 Å². The molecular weight excluding hydrogens is 343 g/mol. The molecule has 0 aliphatic heterocycles. The van der Waals surface area contributed by atoms with Gasteiger partial charge in [0.05, 0.1) is 17.2 Å². The lowest BCUT2D eigenvalue weighted by atomic mass is 10.1. The van der Waals surface area contributed by atoms with Crippen LogP contribution in [0.2, 0.25) is 0 Å². The Morgan fingerprint density at radius 3 is 2.83 bits per heavy atom. The second-order valence-corrected chi connectivity index (χ2v) is 6.27. The SMILES string of the molecule is Cc1cccc2c(=O)n(CCC(=O)NCCSC(F)(F)F)cnc12. The van der Waals surface area contributed by atoms with Crippen molar-refractivity contribution in [2.45, 2.75) is 25.4 Å². The summed E-state index contributed by atoms with van der Waals surface area (Å²) >= 11 is -0.185. The lowest BCUT2D eigenvalue weighted by molar-refractivity contribution is -0.121. The van der Waals surface area contributed by atoms with Crippen LogP contribution in [0.4, 0.5) is 13.2 Å². The monoisotopic (exact) mass is 359 g/mol. The normalized spacial score (nSPS) is 11.7. The highest BCUT2D eigenvalue weighted by atomic mass is 32.2. The van der Waals surface area contributed by atoms with Crippen molar-refractivity contribution in [2.75, 3.05) is 12.3 Å². The predicted molar refractivity (Wildman–Crippen MR) is 86.9 cm³/mol. The van der Waals surface area contributed by atoms with E-state index in [9.17, 15) is 22.8 Å². The van der Waals surface area contributed by atoms with E-state index in [4.69, 9.17) is 0 Å². The Morgan fingerprint density at radius 2 is 2.12 bits per heavy atom. The van der Waals surface area contributed by atoms with Crippen LogP contribution in [0.25, 0.3) is 10.9 Å². The van der Waals surface area contributed by atoms with Crippen molar-refractivity contribution in [3.63, 3.8) is 0 Å². The molecule has 1 aromatic heterocycles. The largest absolute Gasteiger partial charge is 0.441 e. The second-order valence-electron chi connectivity index (χ2n) is 5.11. The minimum atomic E-state index is -4.30. The molecule has 24 heavy (non-hydrogen) atoms. The van der Waals surface area contributed by atoms with Gasteiger partial charge in [-0.2, -0.15) is 13.2 Å². The van der Waals surface area contributed by atoms with Crippen LogP contribution in [0.15, 0.2) is 29.3 Å². The first-order valence-corrected chi connectivity index (χ1v) is 8.18. The standard InChI is InChI=1S/C15H16F3N3O2S/c1-10-3-2-4-11-13(10)20-9-21(14(11)23)7-5-12(22)19-6-8-24-15(16,17)18/h2-4,9H,5-8H2,1H3,(H,19,22). The molecule has 0 atom stereocenters. The number of thioether (sulfide) groups is 1. The lowest BCUT2D eigenvalue weighted by Gasteiger charge is -2.09. The Bertz CT molecular complexity index is 790. The fourth-order valence-corrected chi connectivity index (χ4v) is 2.60. The molecule has 1 heterocycles. The summed E-state index contributed by atoms with van der Waals surface area (Å²) in [6.45, 7) is 1.90. The van der Waals surface area contributed by atoms with E-state index in [0.717, 1.165) is 5.56 Å². The number of nitrogens with one attached hydrogen (secondary N) is 1. The molecule has 0 unspecified atom stereocenters. The molecule has 0 spiro atoms. The van der Waals surface area contributed by atoms with E-state index < -0.39 is 11.4 Å². The summed E-state index contributed by atoms with van der Waals surface area (Å²) in [5.41, 5.74) is -3.04. The van der Waals surface area contributed by atoms with Gasteiger partial charge in [-0.15, -0.1) is 0 Å². The lowest BCUT2D eigenvalue weighted by Crippen LogP contribution is -2.29. The first-order valence-electron chi connectivity index (χ1n) is 7.20. The second kappa shape index (κ2) is 7.69. The Morgan fingerprint density at radius 1 is 1.38 bits per heavy atom. The number of aryl methyl sites for hydroxylation is 2. The van der Waals surface area contributed by atoms with Crippen molar-refractivity contribution in [1.82, 2.24) is 14.9 Å². The van der Waals surface area contributed by atoms with Crippen molar-refractivity contribution >= 4 is 28.6 Å². The van der Waals surface area contributed by atoms with Gasteiger partial charge in [0.15, 0.2) is 0 Å². The Balaban J connectivity index is 1.90.